The Morgan fingerprint density at radius 2 is 1.76 bits per heavy atom. The molecule has 1 N–H and O–H groups in total. The van der Waals surface area contributed by atoms with Crippen LogP contribution in [0.25, 0.3) is 11.3 Å². The van der Waals surface area contributed by atoms with E-state index in [0.29, 0.717) is 18.6 Å². The highest BCUT2D eigenvalue weighted by atomic mass is 19.1. The maximum absolute atomic E-state index is 13.9. The Balaban J connectivity index is 1.27. The van der Waals surface area contributed by atoms with Crippen LogP contribution in [0, 0.1) is 17.6 Å². The summed E-state index contributed by atoms with van der Waals surface area (Å²) in [5.74, 6) is -2.80. The quantitative estimate of drug-likeness (QED) is 0.577. The van der Waals surface area contributed by atoms with Crippen molar-refractivity contribution >= 4 is 17.6 Å². The topological polar surface area (TPSA) is 92.5 Å². The molecular formula is C24H21F2N3O4. The van der Waals surface area contributed by atoms with Gasteiger partial charge in [0.2, 0.25) is 5.91 Å². The van der Waals surface area contributed by atoms with Crippen LogP contribution in [-0.4, -0.2) is 47.3 Å². The highest BCUT2D eigenvalue weighted by Crippen LogP contribution is 2.24. The molecule has 9 heteroatoms. The molecule has 1 saturated heterocycles. The minimum atomic E-state index is -0.758. The number of Topliss-reactive ketones (excluding diaryl/α,β-unsaturated/α-hetero) is 1. The van der Waals surface area contributed by atoms with Gasteiger partial charge in [0.1, 0.15) is 11.6 Å². The molecule has 33 heavy (non-hydrogen) atoms. The van der Waals surface area contributed by atoms with E-state index >= 15 is 0 Å². The number of nitrogens with zero attached hydrogens (tertiary/aromatic N) is 2. The van der Waals surface area contributed by atoms with Gasteiger partial charge < -0.3 is 14.7 Å². The van der Waals surface area contributed by atoms with Crippen molar-refractivity contribution in [3.8, 4) is 11.3 Å². The lowest BCUT2D eigenvalue weighted by atomic mass is 9.88. The number of halogens is 2. The van der Waals surface area contributed by atoms with Crippen molar-refractivity contribution < 1.29 is 27.7 Å². The normalized spacial score (nSPS) is 14.2. The first kappa shape index (κ1) is 22.3. The van der Waals surface area contributed by atoms with E-state index in [2.05, 4.69) is 10.5 Å². The molecule has 0 atom stereocenters. The summed E-state index contributed by atoms with van der Waals surface area (Å²) in [4.78, 5) is 38.9. The van der Waals surface area contributed by atoms with E-state index in [-0.39, 0.29) is 36.8 Å². The van der Waals surface area contributed by atoms with Crippen molar-refractivity contribution in [2.24, 2.45) is 5.92 Å². The Hall–Kier alpha value is -3.88. The van der Waals surface area contributed by atoms with Crippen LogP contribution in [0.4, 0.5) is 8.78 Å². The molecule has 1 aliphatic heterocycles. The third-order valence-electron chi connectivity index (χ3n) is 5.61. The number of rotatable bonds is 6. The Morgan fingerprint density at radius 1 is 1.03 bits per heavy atom. The zero-order valence-electron chi connectivity index (χ0n) is 17.6. The number of likely N-dealkylation sites (tertiary alicyclic amines) is 1. The minimum absolute atomic E-state index is 0.0584. The van der Waals surface area contributed by atoms with Gasteiger partial charge in [-0.1, -0.05) is 35.5 Å². The molecule has 1 aliphatic rings. The number of carbonyl (C=O) groups is 3. The second kappa shape index (κ2) is 9.72. The van der Waals surface area contributed by atoms with Crippen LogP contribution in [0.5, 0.6) is 0 Å². The molecule has 170 valence electrons. The Kier molecular flexibility index (Phi) is 6.58. The molecule has 0 bridgehead atoms. The van der Waals surface area contributed by atoms with Crippen molar-refractivity contribution in [3.05, 3.63) is 77.5 Å². The lowest BCUT2D eigenvalue weighted by molar-refractivity contribution is -0.131. The van der Waals surface area contributed by atoms with E-state index in [0.717, 1.165) is 23.8 Å². The Bertz CT molecular complexity index is 1170. The third kappa shape index (κ3) is 5.14. The molecule has 2 heterocycles. The molecule has 0 spiro atoms. The number of hydrogen-bond acceptors (Lipinski definition) is 5. The molecule has 0 unspecified atom stereocenters. The molecule has 4 rings (SSSR count). The fourth-order valence-corrected chi connectivity index (χ4v) is 3.78. The summed E-state index contributed by atoms with van der Waals surface area (Å²) in [6, 6.07) is 13.5. The van der Waals surface area contributed by atoms with Crippen molar-refractivity contribution in [2.75, 3.05) is 19.6 Å². The van der Waals surface area contributed by atoms with E-state index in [4.69, 9.17) is 4.52 Å². The largest absolute Gasteiger partial charge is 0.355 e. The smallest absolute Gasteiger partial charge is 0.273 e. The van der Waals surface area contributed by atoms with E-state index in [9.17, 15) is 23.2 Å². The van der Waals surface area contributed by atoms with Gasteiger partial charge in [0.05, 0.1) is 12.1 Å². The lowest BCUT2D eigenvalue weighted by Gasteiger charge is -2.31. The van der Waals surface area contributed by atoms with Gasteiger partial charge in [-0.05, 0) is 31.0 Å². The number of nitrogens with one attached hydrogen (secondary N) is 1. The van der Waals surface area contributed by atoms with Crippen LogP contribution in [0.15, 0.2) is 59.1 Å². The number of piperidine rings is 1. The monoisotopic (exact) mass is 453 g/mol. The summed E-state index contributed by atoms with van der Waals surface area (Å²) in [6.45, 7) is 0.331. The molecule has 3 aromatic rings. The lowest BCUT2D eigenvalue weighted by Crippen LogP contribution is -2.45. The van der Waals surface area contributed by atoms with Gasteiger partial charge >= 0.3 is 0 Å². The highest BCUT2D eigenvalue weighted by molar-refractivity contribution is 5.98. The van der Waals surface area contributed by atoms with E-state index in [1.165, 1.54) is 11.0 Å². The van der Waals surface area contributed by atoms with Crippen molar-refractivity contribution in [1.82, 2.24) is 15.4 Å². The summed E-state index contributed by atoms with van der Waals surface area (Å²) in [6.07, 6.45) is 0.663. The van der Waals surface area contributed by atoms with Crippen LogP contribution < -0.4 is 5.32 Å². The molecule has 0 aliphatic carbocycles. The molecule has 1 fully saturated rings. The predicted octanol–water partition coefficient (Wildman–Crippen LogP) is 3.47. The average Bonchev–Trinajstić information content (AvgIpc) is 3.34. The molecule has 1 aromatic heterocycles. The maximum Gasteiger partial charge on any atom is 0.273 e. The van der Waals surface area contributed by atoms with Gasteiger partial charge in [0.25, 0.3) is 5.91 Å². The van der Waals surface area contributed by atoms with Gasteiger partial charge in [0.15, 0.2) is 17.2 Å². The first-order valence-corrected chi connectivity index (χ1v) is 10.5. The van der Waals surface area contributed by atoms with Gasteiger partial charge in [-0.3, -0.25) is 14.4 Å². The fraction of sp³-hybridized carbons (Fsp3) is 0.250. The zero-order valence-corrected chi connectivity index (χ0v) is 17.6. The first-order valence-electron chi connectivity index (χ1n) is 10.5. The number of benzene rings is 2. The van der Waals surface area contributed by atoms with Gasteiger partial charge in [-0.15, -0.1) is 0 Å². The maximum atomic E-state index is 13.9. The Labute approximate surface area is 188 Å². The van der Waals surface area contributed by atoms with Gasteiger partial charge in [-0.25, -0.2) is 8.78 Å². The second-order valence-corrected chi connectivity index (χ2v) is 7.77. The van der Waals surface area contributed by atoms with E-state index in [1.807, 2.05) is 30.3 Å². The SMILES string of the molecule is O=C(NCC(=O)N1CCC(C(=O)c2cc(F)ccc2F)CC1)c1cc(-c2ccccc2)on1. The predicted molar refractivity (Wildman–Crippen MR) is 114 cm³/mol. The van der Waals surface area contributed by atoms with Crippen molar-refractivity contribution in [3.63, 3.8) is 0 Å². The second-order valence-electron chi connectivity index (χ2n) is 7.77. The number of ketones is 1. The molecule has 2 aromatic carbocycles. The summed E-state index contributed by atoms with van der Waals surface area (Å²) in [5.41, 5.74) is 0.563. The van der Waals surface area contributed by atoms with E-state index in [1.54, 1.807) is 0 Å². The van der Waals surface area contributed by atoms with Crippen LogP contribution in [0.2, 0.25) is 0 Å². The van der Waals surface area contributed by atoms with Crippen LogP contribution >= 0.6 is 0 Å². The fourth-order valence-electron chi connectivity index (χ4n) is 3.78. The highest BCUT2D eigenvalue weighted by Gasteiger charge is 2.29. The first-order chi connectivity index (χ1) is 15.9. The zero-order chi connectivity index (χ0) is 23.4. The average molecular weight is 453 g/mol. The van der Waals surface area contributed by atoms with Gasteiger partial charge in [0, 0.05) is 30.6 Å². The molecule has 0 saturated carbocycles. The molecular weight excluding hydrogens is 432 g/mol. The number of hydrogen-bond donors (Lipinski definition) is 1. The molecule has 7 nitrogen and oxygen atoms in total. The summed E-state index contributed by atoms with van der Waals surface area (Å²) in [5, 5.41) is 6.27. The molecule has 2 amide bonds. The van der Waals surface area contributed by atoms with Gasteiger partial charge in [-0.2, -0.15) is 0 Å². The number of carbonyl (C=O) groups excluding carboxylic acids is 3. The Morgan fingerprint density at radius 3 is 2.48 bits per heavy atom. The van der Waals surface area contributed by atoms with Crippen LogP contribution in [0.3, 0.4) is 0 Å². The third-order valence-corrected chi connectivity index (χ3v) is 5.61. The summed E-state index contributed by atoms with van der Waals surface area (Å²) >= 11 is 0. The summed E-state index contributed by atoms with van der Waals surface area (Å²) in [7, 11) is 0. The number of aromatic nitrogens is 1. The minimum Gasteiger partial charge on any atom is -0.355 e. The van der Waals surface area contributed by atoms with Crippen LogP contribution in [0.1, 0.15) is 33.7 Å². The number of amides is 2. The van der Waals surface area contributed by atoms with E-state index < -0.39 is 29.2 Å². The molecule has 0 radical (unpaired) electrons. The summed E-state index contributed by atoms with van der Waals surface area (Å²) < 4.78 is 32.5. The standard InChI is InChI=1S/C24H21F2N3O4/c25-17-6-7-19(26)18(12-17)23(31)16-8-10-29(11-9-16)22(30)14-27-24(32)20-13-21(33-28-20)15-4-2-1-3-5-15/h1-7,12-13,16H,8-11,14H2,(H,27,32). The van der Waals surface area contributed by atoms with Crippen molar-refractivity contribution in [1.29, 1.82) is 0 Å². The van der Waals surface area contributed by atoms with Crippen LogP contribution in [-0.2, 0) is 4.79 Å². The van der Waals surface area contributed by atoms with Crippen molar-refractivity contribution in [2.45, 2.75) is 12.8 Å².